The Labute approximate surface area is 326 Å². The maximum Gasteiger partial charge on any atom is 0.0742 e. The quantitative estimate of drug-likeness (QED) is 0.174. The summed E-state index contributed by atoms with van der Waals surface area (Å²) < 4.78 is 0. The van der Waals surface area contributed by atoms with Crippen molar-refractivity contribution in [3.05, 3.63) is 235 Å². The standard InChI is InChI=1S/C53H35NS/c1-3-13-36(14-4-1)38-23-28-41(29-24-38)54(42-30-25-39(26-31-42)37-15-5-2-6-16-37)43-32-34-45-46-33-27-40-17-7-8-18-44(40)52(46)53(49(45)35-43)47-19-9-11-21-50(47)55-51-22-12-10-20-48(51)53/h1-35H. The zero-order chi connectivity index (χ0) is 36.3. The molecule has 11 rings (SSSR count). The Morgan fingerprint density at radius 3 is 1.42 bits per heavy atom. The monoisotopic (exact) mass is 717 g/mol. The third-order valence-corrected chi connectivity index (χ3v) is 12.7. The molecule has 0 amide bonds. The SMILES string of the molecule is c1ccc(-c2ccc(N(c3ccc(-c4ccccc4)cc3)c3ccc4c(c3)C3(c5ccccc5Sc5ccccc53)c3c-4ccc4ccccc34)cc2)cc1. The van der Waals surface area contributed by atoms with Gasteiger partial charge in [-0.3, -0.25) is 0 Å². The molecule has 0 saturated carbocycles. The summed E-state index contributed by atoms with van der Waals surface area (Å²) in [7, 11) is 0. The van der Waals surface area contributed by atoms with E-state index < -0.39 is 5.41 Å². The molecule has 55 heavy (non-hydrogen) atoms. The van der Waals surface area contributed by atoms with Gasteiger partial charge in [0.25, 0.3) is 0 Å². The van der Waals surface area contributed by atoms with Crippen molar-refractivity contribution >= 4 is 39.6 Å². The van der Waals surface area contributed by atoms with Crippen LogP contribution in [0.25, 0.3) is 44.2 Å². The van der Waals surface area contributed by atoms with Gasteiger partial charge in [-0.15, -0.1) is 0 Å². The van der Waals surface area contributed by atoms with Crippen LogP contribution in [-0.2, 0) is 5.41 Å². The van der Waals surface area contributed by atoms with Crippen LogP contribution in [0.4, 0.5) is 17.1 Å². The van der Waals surface area contributed by atoms with Gasteiger partial charge in [-0.2, -0.15) is 0 Å². The minimum absolute atomic E-state index is 0.500. The second kappa shape index (κ2) is 12.8. The normalized spacial score (nSPS) is 13.2. The summed E-state index contributed by atoms with van der Waals surface area (Å²) in [5.74, 6) is 0. The van der Waals surface area contributed by atoms with E-state index in [0.717, 1.165) is 17.1 Å². The highest BCUT2D eigenvalue weighted by atomic mass is 32.2. The summed E-state index contributed by atoms with van der Waals surface area (Å²) in [5.41, 5.74) is 15.7. The van der Waals surface area contributed by atoms with Crippen LogP contribution in [0.2, 0.25) is 0 Å². The predicted molar refractivity (Wildman–Crippen MR) is 231 cm³/mol. The molecule has 9 aromatic rings. The highest BCUT2D eigenvalue weighted by Gasteiger charge is 2.51. The van der Waals surface area contributed by atoms with Crippen LogP contribution in [0.1, 0.15) is 22.3 Å². The van der Waals surface area contributed by atoms with Gasteiger partial charge in [0.05, 0.1) is 5.41 Å². The molecule has 2 aliphatic rings. The zero-order valence-corrected chi connectivity index (χ0v) is 30.9. The fraction of sp³-hybridized carbons (Fsp3) is 0.0189. The first-order chi connectivity index (χ1) is 27.3. The fourth-order valence-corrected chi connectivity index (χ4v) is 10.3. The predicted octanol–water partition coefficient (Wildman–Crippen LogP) is 14.5. The van der Waals surface area contributed by atoms with E-state index in [4.69, 9.17) is 0 Å². The first-order valence-corrected chi connectivity index (χ1v) is 19.7. The molecule has 0 bridgehead atoms. The van der Waals surface area contributed by atoms with E-state index in [1.54, 1.807) is 0 Å². The van der Waals surface area contributed by atoms with Gasteiger partial charge in [0.15, 0.2) is 0 Å². The van der Waals surface area contributed by atoms with Crippen molar-refractivity contribution in [2.24, 2.45) is 0 Å². The van der Waals surface area contributed by atoms with Crippen LogP contribution in [0.3, 0.4) is 0 Å². The van der Waals surface area contributed by atoms with Crippen LogP contribution >= 0.6 is 11.8 Å². The molecule has 0 aromatic heterocycles. The molecule has 1 aliphatic carbocycles. The first kappa shape index (κ1) is 31.9. The fourth-order valence-electron chi connectivity index (χ4n) is 9.12. The van der Waals surface area contributed by atoms with Crippen molar-refractivity contribution in [3.8, 4) is 33.4 Å². The van der Waals surface area contributed by atoms with Crippen molar-refractivity contribution in [2.75, 3.05) is 4.90 Å². The van der Waals surface area contributed by atoms with E-state index in [0.29, 0.717) is 0 Å². The molecule has 0 fully saturated rings. The van der Waals surface area contributed by atoms with Crippen LogP contribution in [-0.4, -0.2) is 0 Å². The second-order valence-corrected chi connectivity index (χ2v) is 15.5. The molecule has 0 saturated heterocycles. The summed E-state index contributed by atoms with van der Waals surface area (Å²) in [6, 6.07) is 78.2. The minimum Gasteiger partial charge on any atom is -0.310 e. The molecule has 1 heterocycles. The highest BCUT2D eigenvalue weighted by Crippen LogP contribution is 2.64. The smallest absolute Gasteiger partial charge is 0.0742 e. The molecule has 0 radical (unpaired) electrons. The number of fused-ring (bicyclic) bond motifs is 11. The van der Waals surface area contributed by atoms with Crippen LogP contribution in [0.15, 0.2) is 222 Å². The number of benzene rings is 9. The molecule has 1 spiro atoms. The molecule has 2 heteroatoms. The maximum atomic E-state index is 2.49. The average Bonchev–Trinajstić information content (AvgIpc) is 3.55. The van der Waals surface area contributed by atoms with Crippen molar-refractivity contribution in [1.82, 2.24) is 0 Å². The molecular weight excluding hydrogens is 683 g/mol. The maximum absolute atomic E-state index is 2.49. The number of rotatable bonds is 5. The van der Waals surface area contributed by atoms with E-state index >= 15 is 0 Å². The Morgan fingerprint density at radius 2 is 0.818 bits per heavy atom. The van der Waals surface area contributed by atoms with Crippen LogP contribution in [0, 0.1) is 0 Å². The lowest BCUT2D eigenvalue weighted by atomic mass is 9.66. The average molecular weight is 718 g/mol. The lowest BCUT2D eigenvalue weighted by Gasteiger charge is -2.40. The largest absolute Gasteiger partial charge is 0.310 e. The van der Waals surface area contributed by atoms with Gasteiger partial charge < -0.3 is 4.90 Å². The van der Waals surface area contributed by atoms with E-state index in [-0.39, 0.29) is 0 Å². The van der Waals surface area contributed by atoms with E-state index in [9.17, 15) is 0 Å². The molecule has 1 aliphatic heterocycles. The van der Waals surface area contributed by atoms with Crippen molar-refractivity contribution in [1.29, 1.82) is 0 Å². The summed E-state index contributed by atoms with van der Waals surface area (Å²) in [6.07, 6.45) is 0. The molecule has 9 aromatic carbocycles. The van der Waals surface area contributed by atoms with Crippen LogP contribution in [0.5, 0.6) is 0 Å². The molecular formula is C53H35NS. The van der Waals surface area contributed by atoms with Gasteiger partial charge >= 0.3 is 0 Å². The highest BCUT2D eigenvalue weighted by molar-refractivity contribution is 7.99. The third kappa shape index (κ3) is 4.95. The van der Waals surface area contributed by atoms with Gasteiger partial charge in [-0.1, -0.05) is 176 Å². The Bertz CT molecular complexity index is 2750. The summed E-state index contributed by atoms with van der Waals surface area (Å²) in [6.45, 7) is 0. The Morgan fingerprint density at radius 1 is 0.345 bits per heavy atom. The van der Waals surface area contributed by atoms with Gasteiger partial charge in [-0.25, -0.2) is 0 Å². The van der Waals surface area contributed by atoms with E-state index in [1.807, 2.05) is 11.8 Å². The second-order valence-electron chi connectivity index (χ2n) is 14.4. The number of anilines is 3. The van der Waals surface area contributed by atoms with Crippen molar-refractivity contribution < 1.29 is 0 Å². The summed E-state index contributed by atoms with van der Waals surface area (Å²) >= 11 is 1.89. The summed E-state index contributed by atoms with van der Waals surface area (Å²) in [5, 5.41) is 2.57. The lowest BCUT2D eigenvalue weighted by Crippen LogP contribution is -2.32. The number of hydrogen-bond acceptors (Lipinski definition) is 2. The third-order valence-electron chi connectivity index (χ3n) is 11.5. The topological polar surface area (TPSA) is 3.24 Å². The molecule has 0 unspecified atom stereocenters. The molecule has 1 nitrogen and oxygen atoms in total. The van der Waals surface area contributed by atoms with Gasteiger partial charge in [0, 0.05) is 26.9 Å². The molecule has 0 N–H and O–H groups in total. The molecule has 258 valence electrons. The Balaban J connectivity index is 1.16. The Hall–Kier alpha value is -6.61. The lowest BCUT2D eigenvalue weighted by molar-refractivity contribution is 0.728. The first-order valence-electron chi connectivity index (χ1n) is 18.9. The van der Waals surface area contributed by atoms with E-state index in [2.05, 4.69) is 217 Å². The van der Waals surface area contributed by atoms with Gasteiger partial charge in [0.2, 0.25) is 0 Å². The molecule has 0 atom stereocenters. The number of nitrogens with zero attached hydrogens (tertiary/aromatic N) is 1. The van der Waals surface area contributed by atoms with Crippen molar-refractivity contribution in [2.45, 2.75) is 15.2 Å². The van der Waals surface area contributed by atoms with Crippen LogP contribution < -0.4 is 4.90 Å². The minimum atomic E-state index is -0.500. The number of hydrogen-bond donors (Lipinski definition) is 0. The van der Waals surface area contributed by atoms with Gasteiger partial charge in [0.1, 0.15) is 0 Å². The zero-order valence-electron chi connectivity index (χ0n) is 30.1. The Kier molecular flexibility index (Phi) is 7.40. The van der Waals surface area contributed by atoms with Crippen molar-refractivity contribution in [3.63, 3.8) is 0 Å². The van der Waals surface area contributed by atoms with E-state index in [1.165, 1.54) is 76.2 Å². The van der Waals surface area contributed by atoms with Gasteiger partial charge in [-0.05, 0) is 115 Å². The summed E-state index contributed by atoms with van der Waals surface area (Å²) in [4.78, 5) is 5.04.